The van der Waals surface area contributed by atoms with Gasteiger partial charge in [0.05, 0.1) is 13.2 Å². The van der Waals surface area contributed by atoms with E-state index in [1.807, 2.05) is 0 Å². The predicted molar refractivity (Wildman–Crippen MR) is 339 cm³/mol. The first kappa shape index (κ1) is 75.2. The number of hydrogen-bond donors (Lipinski definition) is 2. The Morgan fingerprint density at radius 1 is 0.392 bits per heavy atom. The zero-order valence-electron chi connectivity index (χ0n) is 50.3. The molecule has 2 unspecified atom stereocenters. The van der Waals surface area contributed by atoms with Crippen molar-refractivity contribution in [1.29, 1.82) is 0 Å². The summed E-state index contributed by atoms with van der Waals surface area (Å²) in [5.41, 5.74) is 5.39. The lowest BCUT2D eigenvalue weighted by Gasteiger charge is -2.19. The molecule has 2 atom stereocenters. The number of carbonyl (C=O) groups excluding carboxylic acids is 2. The van der Waals surface area contributed by atoms with E-state index in [4.69, 9.17) is 24.3 Å². The highest BCUT2D eigenvalue weighted by atomic mass is 31.2. The van der Waals surface area contributed by atoms with Crippen molar-refractivity contribution in [2.24, 2.45) is 5.73 Å². The molecule has 79 heavy (non-hydrogen) atoms. The second-order valence-electron chi connectivity index (χ2n) is 20.5. The van der Waals surface area contributed by atoms with Gasteiger partial charge in [-0.15, -0.1) is 0 Å². The van der Waals surface area contributed by atoms with Gasteiger partial charge in [0.15, 0.2) is 6.10 Å². The summed E-state index contributed by atoms with van der Waals surface area (Å²) in [7, 11) is -4.40. The van der Waals surface area contributed by atoms with Crippen molar-refractivity contribution in [2.75, 3.05) is 26.4 Å². The Kier molecular flexibility index (Phi) is 60.2. The molecule has 0 aromatic heterocycles. The summed E-state index contributed by atoms with van der Waals surface area (Å²) in [4.78, 5) is 35.2. The molecule has 0 saturated heterocycles. The number of unbranched alkanes of at least 4 members (excludes halogenated alkanes) is 23. The Balaban J connectivity index is 3.99. The average Bonchev–Trinajstić information content (AvgIpc) is 3.44. The smallest absolute Gasteiger partial charge is 0.462 e. The first-order valence-electron chi connectivity index (χ1n) is 31.7. The van der Waals surface area contributed by atoms with Crippen LogP contribution in [0.15, 0.2) is 134 Å². The van der Waals surface area contributed by atoms with Crippen LogP contribution in [0.5, 0.6) is 0 Å². The van der Waals surface area contributed by atoms with E-state index >= 15 is 0 Å². The molecule has 0 aliphatic carbocycles. The molecule has 0 rings (SSSR count). The number of nitrogens with two attached hydrogens (primary N) is 1. The van der Waals surface area contributed by atoms with Gasteiger partial charge in [-0.2, -0.15) is 0 Å². The van der Waals surface area contributed by atoms with E-state index in [2.05, 4.69) is 148 Å². The molecule has 0 aliphatic heterocycles. The fraction of sp³-hybridized carbons (Fsp3) is 0.652. The van der Waals surface area contributed by atoms with Crippen LogP contribution in [0, 0.1) is 0 Å². The van der Waals surface area contributed by atoms with Crippen LogP contribution in [0.25, 0.3) is 0 Å². The monoisotopic (exact) mass is 1120 g/mol. The molecule has 0 spiro atoms. The number of hydrogen-bond acceptors (Lipinski definition) is 8. The molecular weight excluding hydrogens is 1000 g/mol. The summed E-state index contributed by atoms with van der Waals surface area (Å²) in [5, 5.41) is 0. The van der Waals surface area contributed by atoms with Crippen LogP contribution in [0.1, 0.15) is 258 Å². The topological polar surface area (TPSA) is 134 Å². The summed E-state index contributed by atoms with van der Waals surface area (Å²) in [5.74, 6) is -0.843. The molecule has 0 aromatic carbocycles. The molecule has 0 heterocycles. The van der Waals surface area contributed by atoms with E-state index in [0.717, 1.165) is 109 Å². The van der Waals surface area contributed by atoms with Crippen LogP contribution in [-0.2, 0) is 32.7 Å². The highest BCUT2D eigenvalue weighted by Crippen LogP contribution is 2.43. The van der Waals surface area contributed by atoms with Crippen LogP contribution < -0.4 is 5.73 Å². The van der Waals surface area contributed by atoms with E-state index in [-0.39, 0.29) is 38.6 Å². The second-order valence-corrected chi connectivity index (χ2v) is 22.0. The van der Waals surface area contributed by atoms with Gasteiger partial charge in [-0.25, -0.2) is 4.57 Å². The zero-order valence-corrected chi connectivity index (χ0v) is 51.2. The Hall–Kier alpha value is -3.85. The summed E-state index contributed by atoms with van der Waals surface area (Å²) in [6.45, 7) is 3.62. The number of phosphoric acid groups is 1. The van der Waals surface area contributed by atoms with Crippen LogP contribution in [0.4, 0.5) is 0 Å². The number of phosphoric ester groups is 1. The van der Waals surface area contributed by atoms with Gasteiger partial charge in [0.1, 0.15) is 6.61 Å². The minimum atomic E-state index is -4.40. The highest BCUT2D eigenvalue weighted by Gasteiger charge is 2.26. The maximum atomic E-state index is 12.7. The third-order valence-corrected chi connectivity index (χ3v) is 14.0. The maximum Gasteiger partial charge on any atom is 0.472 e. The van der Waals surface area contributed by atoms with Crippen LogP contribution in [0.3, 0.4) is 0 Å². The van der Waals surface area contributed by atoms with Crippen LogP contribution >= 0.6 is 7.82 Å². The number of esters is 2. The molecule has 3 N–H and O–H groups in total. The van der Waals surface area contributed by atoms with Crippen molar-refractivity contribution in [2.45, 2.75) is 264 Å². The molecule has 0 aromatic rings. The van der Waals surface area contributed by atoms with E-state index < -0.39 is 26.5 Å². The quantitative estimate of drug-likeness (QED) is 0.0264. The highest BCUT2D eigenvalue weighted by molar-refractivity contribution is 7.47. The second kappa shape index (κ2) is 63.3. The summed E-state index contributed by atoms with van der Waals surface area (Å²) >= 11 is 0. The molecule has 0 radical (unpaired) electrons. The zero-order chi connectivity index (χ0) is 57.3. The van der Waals surface area contributed by atoms with Crippen molar-refractivity contribution in [3.63, 3.8) is 0 Å². The molecule has 0 fully saturated rings. The van der Waals surface area contributed by atoms with Gasteiger partial charge in [0, 0.05) is 19.4 Å². The maximum absolute atomic E-state index is 12.7. The van der Waals surface area contributed by atoms with Crippen molar-refractivity contribution in [3.8, 4) is 0 Å². The Morgan fingerprint density at radius 3 is 1.05 bits per heavy atom. The van der Waals surface area contributed by atoms with E-state index in [1.54, 1.807) is 0 Å². The predicted octanol–water partition coefficient (Wildman–Crippen LogP) is 20.5. The molecule has 0 saturated carbocycles. The molecule has 10 heteroatoms. The molecule has 0 aliphatic rings. The lowest BCUT2D eigenvalue weighted by molar-refractivity contribution is -0.161. The summed E-state index contributed by atoms with van der Waals surface area (Å²) < 4.78 is 33.1. The normalized spacial score (nSPS) is 13.9. The van der Waals surface area contributed by atoms with Crippen molar-refractivity contribution >= 4 is 19.8 Å². The fourth-order valence-corrected chi connectivity index (χ4v) is 9.13. The largest absolute Gasteiger partial charge is 0.472 e. The van der Waals surface area contributed by atoms with Crippen LogP contribution in [-0.4, -0.2) is 49.3 Å². The minimum Gasteiger partial charge on any atom is -0.462 e. The molecule has 0 amide bonds. The van der Waals surface area contributed by atoms with Gasteiger partial charge in [-0.3, -0.25) is 18.6 Å². The molecule has 450 valence electrons. The number of rotatable bonds is 58. The van der Waals surface area contributed by atoms with Crippen LogP contribution in [0.2, 0.25) is 0 Å². The van der Waals surface area contributed by atoms with E-state index in [0.29, 0.717) is 6.42 Å². The van der Waals surface area contributed by atoms with Crippen molar-refractivity contribution < 1.29 is 37.6 Å². The minimum absolute atomic E-state index is 0.0460. The lowest BCUT2D eigenvalue weighted by atomic mass is 10.1. The van der Waals surface area contributed by atoms with Gasteiger partial charge in [0.25, 0.3) is 0 Å². The Bertz CT molecular complexity index is 1750. The van der Waals surface area contributed by atoms with Crippen molar-refractivity contribution in [3.05, 3.63) is 134 Å². The number of carbonyl (C=O) groups is 2. The Labute approximate surface area is 484 Å². The third kappa shape index (κ3) is 63.2. The van der Waals surface area contributed by atoms with Gasteiger partial charge < -0.3 is 20.1 Å². The fourth-order valence-electron chi connectivity index (χ4n) is 8.36. The van der Waals surface area contributed by atoms with E-state index in [1.165, 1.54) is 116 Å². The van der Waals surface area contributed by atoms with Gasteiger partial charge in [-0.1, -0.05) is 263 Å². The molecule has 0 bridgehead atoms. The average molecular weight is 1120 g/mol. The first-order valence-corrected chi connectivity index (χ1v) is 33.2. The first-order chi connectivity index (χ1) is 38.8. The molecular formula is C69H116NO8P. The summed E-state index contributed by atoms with van der Waals surface area (Å²) in [6, 6.07) is 0. The molecule has 9 nitrogen and oxygen atoms in total. The standard InChI is InChI=1S/C69H116NO8P/c1-3-5-7-9-11-13-15-17-19-21-23-24-25-26-27-28-29-30-31-32-33-34-35-36-37-38-39-40-41-42-44-46-48-50-52-54-56-58-60-62-69(72)78-67(66-77-79(73,74)76-64-63-70)65-75-68(71)61-59-57-55-53-51-49-47-45-43-22-20-18-16-14-12-10-8-6-4-2/h5,7,11,13,17-20,23-24,26-27,29-30,32-33,35-36,38-39,41-42,67H,3-4,6,8-10,12,14-16,21-22,25,28,31,34,37,40,43-66,70H2,1-2H3,(H,73,74)/b7-5-,13-11-,19-17-,20-18-,24-23-,27-26-,30-29-,33-32-,36-35-,39-38-,42-41-. The van der Waals surface area contributed by atoms with Crippen molar-refractivity contribution in [1.82, 2.24) is 0 Å². The summed E-state index contributed by atoms with van der Waals surface area (Å²) in [6.07, 6.45) is 89.4. The lowest BCUT2D eigenvalue weighted by Crippen LogP contribution is -2.29. The number of ether oxygens (including phenoxy) is 2. The Morgan fingerprint density at radius 2 is 0.696 bits per heavy atom. The van der Waals surface area contributed by atoms with Gasteiger partial charge in [-0.05, 0) is 116 Å². The third-order valence-electron chi connectivity index (χ3n) is 13.0. The SMILES string of the molecule is CC/C=C\C/C=C\C/C=C\C/C=C\C/C=C\C/C=C\C/C=C\C/C=C\C/C=C\C/C=C\CCCCCCCCCCC(=O)OC(COC(=O)CCCCCCCCCCC/C=C\CCCCCCCC)COP(=O)(O)OCCN. The number of allylic oxidation sites excluding steroid dienone is 22. The van der Waals surface area contributed by atoms with Gasteiger partial charge in [0.2, 0.25) is 0 Å². The van der Waals surface area contributed by atoms with E-state index in [9.17, 15) is 19.0 Å². The van der Waals surface area contributed by atoms with Gasteiger partial charge >= 0.3 is 19.8 Å².